The zero-order valence-corrected chi connectivity index (χ0v) is 10.2. The monoisotopic (exact) mass is 235 g/mol. The van der Waals surface area contributed by atoms with Gasteiger partial charge in [-0.1, -0.05) is 12.1 Å². The normalized spacial score (nSPS) is 14.3. The smallest absolute Gasteiger partial charge is 0.225 e. The summed E-state index contributed by atoms with van der Waals surface area (Å²) < 4.78 is 0. The average molecular weight is 235 g/mol. The Hall–Kier alpha value is -0.960. The Morgan fingerprint density at radius 2 is 2.12 bits per heavy atom. The Morgan fingerprint density at radius 1 is 1.31 bits per heavy atom. The topological polar surface area (TPSA) is 29.1 Å². The van der Waals surface area contributed by atoms with Crippen LogP contribution in [-0.2, 0) is 17.6 Å². The molecule has 0 atom stereocenters. The quantitative estimate of drug-likeness (QED) is 0.775. The Morgan fingerprint density at radius 3 is 2.94 bits per heavy atom. The number of amides is 1. The zero-order valence-electron chi connectivity index (χ0n) is 9.33. The van der Waals surface area contributed by atoms with Crippen molar-refractivity contribution in [2.75, 3.05) is 11.1 Å². The molecular formula is C13H17NOS. The van der Waals surface area contributed by atoms with Crippen LogP contribution in [0.15, 0.2) is 18.2 Å². The fraction of sp³-hybridized carbons (Fsp3) is 0.462. The van der Waals surface area contributed by atoms with Gasteiger partial charge in [0.2, 0.25) is 5.91 Å². The molecule has 3 heteroatoms. The lowest BCUT2D eigenvalue weighted by molar-refractivity contribution is -0.115. The van der Waals surface area contributed by atoms with Gasteiger partial charge in [0.25, 0.3) is 0 Å². The van der Waals surface area contributed by atoms with Gasteiger partial charge in [-0.3, -0.25) is 4.79 Å². The van der Waals surface area contributed by atoms with E-state index in [1.54, 1.807) is 0 Å². The molecule has 1 aliphatic rings. The van der Waals surface area contributed by atoms with Gasteiger partial charge < -0.3 is 5.32 Å². The lowest BCUT2D eigenvalue weighted by atomic mass is 9.90. The first kappa shape index (κ1) is 11.5. The van der Waals surface area contributed by atoms with Crippen molar-refractivity contribution in [3.8, 4) is 0 Å². The zero-order chi connectivity index (χ0) is 11.4. The number of hydrogen-bond donors (Lipinski definition) is 2. The van der Waals surface area contributed by atoms with Crippen LogP contribution in [0.1, 0.15) is 30.4 Å². The Kier molecular flexibility index (Phi) is 3.88. The molecule has 1 N–H and O–H groups in total. The molecule has 0 saturated carbocycles. The number of nitrogens with one attached hydrogen (secondary N) is 1. The number of fused-ring (bicyclic) bond motifs is 1. The van der Waals surface area contributed by atoms with E-state index in [-0.39, 0.29) is 5.91 Å². The third-order valence-corrected chi connectivity index (χ3v) is 3.23. The van der Waals surface area contributed by atoms with Crippen LogP contribution in [0.2, 0.25) is 0 Å². The average Bonchev–Trinajstić information content (AvgIpc) is 2.30. The molecule has 0 radical (unpaired) electrons. The summed E-state index contributed by atoms with van der Waals surface area (Å²) in [5.74, 6) is 0.662. The molecular weight excluding hydrogens is 218 g/mol. The highest BCUT2D eigenvalue weighted by molar-refractivity contribution is 7.80. The first-order valence-electron chi connectivity index (χ1n) is 5.83. The number of benzene rings is 1. The van der Waals surface area contributed by atoms with E-state index in [1.807, 2.05) is 12.1 Å². The van der Waals surface area contributed by atoms with E-state index in [0.29, 0.717) is 12.2 Å². The van der Waals surface area contributed by atoms with Crippen LogP contribution >= 0.6 is 12.6 Å². The highest BCUT2D eigenvalue weighted by Gasteiger charge is 2.13. The van der Waals surface area contributed by atoms with Crippen LogP contribution in [0.4, 0.5) is 5.69 Å². The number of carbonyl (C=O) groups is 1. The number of aryl methyl sites for hydroxylation is 1. The Bertz CT molecular complexity index is 390. The third-order valence-electron chi connectivity index (χ3n) is 3.01. The first-order valence-corrected chi connectivity index (χ1v) is 6.46. The summed E-state index contributed by atoms with van der Waals surface area (Å²) in [5, 5.41) is 2.98. The maximum Gasteiger partial charge on any atom is 0.225 e. The predicted molar refractivity (Wildman–Crippen MR) is 70.2 cm³/mol. The molecule has 0 heterocycles. The highest BCUT2D eigenvalue weighted by atomic mass is 32.1. The molecule has 2 nitrogen and oxygen atoms in total. The lowest BCUT2D eigenvalue weighted by Gasteiger charge is -2.19. The van der Waals surface area contributed by atoms with Gasteiger partial charge in [-0.15, -0.1) is 0 Å². The van der Waals surface area contributed by atoms with Gasteiger partial charge >= 0.3 is 0 Å². The van der Waals surface area contributed by atoms with Crippen LogP contribution in [0, 0.1) is 0 Å². The second kappa shape index (κ2) is 5.39. The summed E-state index contributed by atoms with van der Waals surface area (Å²) in [6, 6.07) is 6.20. The summed E-state index contributed by atoms with van der Waals surface area (Å²) >= 11 is 4.06. The largest absolute Gasteiger partial charge is 0.326 e. The Labute approximate surface area is 102 Å². The van der Waals surface area contributed by atoms with E-state index < -0.39 is 0 Å². The molecule has 86 valence electrons. The van der Waals surface area contributed by atoms with Crippen molar-refractivity contribution in [1.29, 1.82) is 0 Å². The fourth-order valence-corrected chi connectivity index (χ4v) is 2.42. The molecule has 0 aliphatic heterocycles. The van der Waals surface area contributed by atoms with Crippen molar-refractivity contribution in [1.82, 2.24) is 0 Å². The third kappa shape index (κ3) is 2.59. The van der Waals surface area contributed by atoms with Gasteiger partial charge in [0, 0.05) is 12.1 Å². The molecule has 0 unspecified atom stereocenters. The van der Waals surface area contributed by atoms with Gasteiger partial charge in [-0.25, -0.2) is 0 Å². The summed E-state index contributed by atoms with van der Waals surface area (Å²) in [5.41, 5.74) is 3.74. The summed E-state index contributed by atoms with van der Waals surface area (Å²) in [6.45, 7) is 0. The molecule has 0 bridgehead atoms. The molecule has 0 fully saturated rings. The van der Waals surface area contributed by atoms with Crippen LogP contribution in [0.25, 0.3) is 0 Å². The first-order chi connectivity index (χ1) is 7.81. The number of carbonyl (C=O) groups excluding carboxylic acids is 1. The molecule has 1 amide bonds. The SMILES string of the molecule is O=C(CCS)Nc1cccc2c1CCCC2. The maximum absolute atomic E-state index is 11.5. The van der Waals surface area contributed by atoms with Crippen molar-refractivity contribution in [3.05, 3.63) is 29.3 Å². The summed E-state index contributed by atoms with van der Waals surface area (Å²) in [4.78, 5) is 11.5. The van der Waals surface area contributed by atoms with Crippen molar-refractivity contribution in [2.24, 2.45) is 0 Å². The Balaban J connectivity index is 2.17. The summed E-state index contributed by atoms with van der Waals surface area (Å²) in [6.07, 6.45) is 5.21. The molecule has 2 rings (SSSR count). The van der Waals surface area contributed by atoms with Gasteiger partial charge in [0.15, 0.2) is 0 Å². The second-order valence-electron chi connectivity index (χ2n) is 4.17. The molecule has 0 saturated heterocycles. The van der Waals surface area contributed by atoms with Gasteiger partial charge in [0.1, 0.15) is 0 Å². The van der Waals surface area contributed by atoms with Crippen molar-refractivity contribution >= 4 is 24.2 Å². The fourth-order valence-electron chi connectivity index (χ4n) is 2.21. The van der Waals surface area contributed by atoms with E-state index in [1.165, 1.54) is 24.0 Å². The van der Waals surface area contributed by atoms with Crippen molar-refractivity contribution in [3.63, 3.8) is 0 Å². The van der Waals surface area contributed by atoms with Crippen LogP contribution < -0.4 is 5.32 Å². The minimum atomic E-state index is 0.0639. The predicted octanol–water partition coefficient (Wildman–Crippen LogP) is 2.82. The van der Waals surface area contributed by atoms with Gasteiger partial charge in [-0.05, 0) is 48.6 Å². The van der Waals surface area contributed by atoms with E-state index in [0.717, 1.165) is 18.5 Å². The van der Waals surface area contributed by atoms with Gasteiger partial charge in [-0.2, -0.15) is 12.6 Å². The minimum Gasteiger partial charge on any atom is -0.326 e. The highest BCUT2D eigenvalue weighted by Crippen LogP contribution is 2.27. The van der Waals surface area contributed by atoms with E-state index >= 15 is 0 Å². The van der Waals surface area contributed by atoms with E-state index in [9.17, 15) is 4.79 Å². The van der Waals surface area contributed by atoms with E-state index in [2.05, 4.69) is 24.0 Å². The molecule has 0 spiro atoms. The summed E-state index contributed by atoms with van der Waals surface area (Å²) in [7, 11) is 0. The van der Waals surface area contributed by atoms with Crippen LogP contribution in [0.3, 0.4) is 0 Å². The van der Waals surface area contributed by atoms with Crippen molar-refractivity contribution in [2.45, 2.75) is 32.1 Å². The number of anilines is 1. The minimum absolute atomic E-state index is 0.0639. The number of hydrogen-bond acceptors (Lipinski definition) is 2. The molecule has 1 aromatic carbocycles. The lowest BCUT2D eigenvalue weighted by Crippen LogP contribution is -2.15. The maximum atomic E-state index is 11.5. The van der Waals surface area contributed by atoms with Crippen LogP contribution in [-0.4, -0.2) is 11.7 Å². The number of rotatable bonds is 3. The second-order valence-corrected chi connectivity index (χ2v) is 4.62. The van der Waals surface area contributed by atoms with Crippen molar-refractivity contribution < 1.29 is 4.79 Å². The van der Waals surface area contributed by atoms with Crippen LogP contribution in [0.5, 0.6) is 0 Å². The van der Waals surface area contributed by atoms with E-state index in [4.69, 9.17) is 0 Å². The molecule has 1 aromatic rings. The number of thiol groups is 1. The van der Waals surface area contributed by atoms with Gasteiger partial charge in [0.05, 0.1) is 0 Å². The molecule has 16 heavy (non-hydrogen) atoms. The molecule has 0 aromatic heterocycles. The standard InChI is InChI=1S/C13H17NOS/c15-13(8-9-16)14-12-7-3-5-10-4-1-2-6-11(10)12/h3,5,7,16H,1-2,4,6,8-9H2,(H,14,15). The molecule has 1 aliphatic carbocycles.